The van der Waals surface area contributed by atoms with Crippen LogP contribution < -0.4 is 15.8 Å². The van der Waals surface area contributed by atoms with Gasteiger partial charge in [0, 0.05) is 11.1 Å². The molecule has 0 aliphatic heterocycles. The van der Waals surface area contributed by atoms with Crippen molar-refractivity contribution in [2.75, 3.05) is 12.4 Å². The molecular weight excluding hydrogens is 310 g/mol. The number of primary amides is 1. The largest absolute Gasteiger partial charge is 0.497 e. The van der Waals surface area contributed by atoms with Crippen LogP contribution in [-0.4, -0.2) is 28.7 Å². The number of hydrogen-bond donors (Lipinski definition) is 3. The lowest BCUT2D eigenvalue weighted by Gasteiger charge is -2.05. The maximum Gasteiger partial charge on any atom is 0.326 e. The number of rotatable bonds is 3. The number of fused-ring (bicyclic) bond motifs is 1. The predicted octanol–water partition coefficient (Wildman–Crippen LogP) is 2.53. The van der Waals surface area contributed by atoms with Crippen LogP contribution >= 0.6 is 0 Å². The Morgan fingerprint density at radius 2 is 1.88 bits per heavy atom. The van der Waals surface area contributed by atoms with Crippen molar-refractivity contribution >= 4 is 28.5 Å². The van der Waals surface area contributed by atoms with Gasteiger partial charge in [-0.3, -0.25) is 4.79 Å². The number of aromatic nitrogens is 1. The number of amides is 2. The van der Waals surface area contributed by atoms with E-state index in [-0.39, 0.29) is 5.56 Å². The number of benzene rings is 2. The third-order valence-corrected chi connectivity index (χ3v) is 3.63. The van der Waals surface area contributed by atoms with E-state index in [1.807, 2.05) is 6.07 Å². The summed E-state index contributed by atoms with van der Waals surface area (Å²) in [5.74, 6) is -0.589. The second-order valence-electron chi connectivity index (χ2n) is 5.08. The average molecular weight is 325 g/mol. The summed E-state index contributed by atoms with van der Waals surface area (Å²) in [7, 11) is 1.48. The van der Waals surface area contributed by atoms with Gasteiger partial charge in [0.05, 0.1) is 12.6 Å². The minimum Gasteiger partial charge on any atom is -0.497 e. The maximum absolute atomic E-state index is 12.6. The summed E-state index contributed by atoms with van der Waals surface area (Å²) < 4.78 is 6.03. The third-order valence-electron chi connectivity index (χ3n) is 3.63. The molecule has 0 aliphatic rings. The van der Waals surface area contributed by atoms with Crippen LogP contribution in [0, 0.1) is 0 Å². The fourth-order valence-corrected chi connectivity index (χ4v) is 2.55. The number of anilines is 1. The van der Waals surface area contributed by atoms with Crippen molar-refractivity contribution in [3.05, 3.63) is 54.1 Å². The van der Waals surface area contributed by atoms with Gasteiger partial charge in [-0.05, 0) is 30.3 Å². The quantitative estimate of drug-likeness (QED) is 0.688. The lowest BCUT2D eigenvalue weighted by Crippen LogP contribution is -2.19. The third kappa shape index (κ3) is 2.52. The number of carbonyl (C=O) groups is 2. The highest BCUT2D eigenvalue weighted by Gasteiger charge is 2.25. The number of ether oxygens (including phenoxy) is 1. The van der Waals surface area contributed by atoms with Crippen molar-refractivity contribution in [2.24, 2.45) is 5.73 Å². The molecule has 0 radical (unpaired) electrons. The standard InChI is InChI=1S/C17H15N3O4/c1-24-11-7-8-13-12(9-11)14(16(22)20(13)17(18)23)15(21)19-10-5-3-2-4-6-10/h2-9,22H,1H3,(H2,18,23)(H,19,21). The molecular formula is C17H15N3O4. The van der Waals surface area contributed by atoms with Gasteiger partial charge in [0.2, 0.25) is 5.88 Å². The molecule has 0 saturated heterocycles. The Hall–Kier alpha value is -3.48. The Balaban J connectivity index is 2.17. The van der Waals surface area contributed by atoms with E-state index < -0.39 is 17.8 Å². The van der Waals surface area contributed by atoms with E-state index in [0.717, 1.165) is 4.57 Å². The van der Waals surface area contributed by atoms with E-state index in [0.29, 0.717) is 22.3 Å². The van der Waals surface area contributed by atoms with Crippen LogP contribution in [0.25, 0.3) is 10.9 Å². The number of nitrogens with one attached hydrogen (secondary N) is 1. The van der Waals surface area contributed by atoms with Gasteiger partial charge in [-0.2, -0.15) is 0 Å². The van der Waals surface area contributed by atoms with E-state index in [2.05, 4.69) is 5.32 Å². The second kappa shape index (κ2) is 5.96. The van der Waals surface area contributed by atoms with E-state index in [1.54, 1.807) is 42.5 Å². The Kier molecular flexibility index (Phi) is 3.83. The molecule has 0 unspecified atom stereocenters. The van der Waals surface area contributed by atoms with Gasteiger partial charge in [0.25, 0.3) is 5.91 Å². The van der Waals surface area contributed by atoms with Gasteiger partial charge >= 0.3 is 6.03 Å². The van der Waals surface area contributed by atoms with Crippen LogP contribution in [0.15, 0.2) is 48.5 Å². The average Bonchev–Trinajstić information content (AvgIpc) is 2.86. The lowest BCUT2D eigenvalue weighted by molar-refractivity contribution is 0.102. The van der Waals surface area contributed by atoms with Crippen molar-refractivity contribution < 1.29 is 19.4 Å². The Morgan fingerprint density at radius 3 is 2.50 bits per heavy atom. The summed E-state index contributed by atoms with van der Waals surface area (Å²) in [5.41, 5.74) is 6.15. The van der Waals surface area contributed by atoms with Crippen molar-refractivity contribution in [1.82, 2.24) is 4.57 Å². The molecule has 4 N–H and O–H groups in total. The summed E-state index contributed by atoms with van der Waals surface area (Å²) >= 11 is 0. The van der Waals surface area contributed by atoms with Crippen LogP contribution in [0.3, 0.4) is 0 Å². The van der Waals surface area contributed by atoms with Gasteiger partial charge < -0.3 is 20.9 Å². The van der Waals surface area contributed by atoms with Gasteiger partial charge in [-0.1, -0.05) is 18.2 Å². The first-order chi connectivity index (χ1) is 11.5. The first-order valence-electron chi connectivity index (χ1n) is 7.10. The van der Waals surface area contributed by atoms with Crippen LogP contribution in [0.5, 0.6) is 11.6 Å². The first-order valence-corrected chi connectivity index (χ1v) is 7.10. The Bertz CT molecular complexity index is 932. The van der Waals surface area contributed by atoms with Crippen molar-refractivity contribution in [1.29, 1.82) is 0 Å². The number of nitrogens with two attached hydrogens (primary N) is 1. The number of para-hydroxylation sites is 1. The highest BCUT2D eigenvalue weighted by atomic mass is 16.5. The van der Waals surface area contributed by atoms with Crippen LogP contribution in [-0.2, 0) is 0 Å². The molecule has 0 spiro atoms. The van der Waals surface area contributed by atoms with Gasteiger partial charge in [-0.15, -0.1) is 0 Å². The molecule has 0 bridgehead atoms. The molecule has 3 aromatic rings. The highest BCUT2D eigenvalue weighted by molar-refractivity contribution is 6.16. The summed E-state index contributed by atoms with van der Waals surface area (Å²) in [6.07, 6.45) is 0. The molecule has 0 fully saturated rings. The molecule has 1 aromatic heterocycles. The zero-order valence-corrected chi connectivity index (χ0v) is 12.8. The molecule has 0 aliphatic carbocycles. The molecule has 0 atom stereocenters. The molecule has 7 heteroatoms. The Morgan fingerprint density at radius 1 is 1.17 bits per heavy atom. The van der Waals surface area contributed by atoms with Gasteiger partial charge in [-0.25, -0.2) is 9.36 Å². The fraction of sp³-hybridized carbons (Fsp3) is 0.0588. The molecule has 7 nitrogen and oxygen atoms in total. The van der Waals surface area contributed by atoms with E-state index in [9.17, 15) is 14.7 Å². The monoisotopic (exact) mass is 325 g/mol. The molecule has 0 saturated carbocycles. The molecule has 3 rings (SSSR count). The summed E-state index contributed by atoms with van der Waals surface area (Å²) in [5, 5.41) is 13.4. The number of hydrogen-bond acceptors (Lipinski definition) is 4. The van der Waals surface area contributed by atoms with Crippen LogP contribution in [0.1, 0.15) is 10.4 Å². The highest BCUT2D eigenvalue weighted by Crippen LogP contribution is 2.34. The maximum atomic E-state index is 12.6. The smallest absolute Gasteiger partial charge is 0.326 e. The van der Waals surface area contributed by atoms with Crippen LogP contribution in [0.4, 0.5) is 10.5 Å². The van der Waals surface area contributed by atoms with E-state index >= 15 is 0 Å². The van der Waals surface area contributed by atoms with Gasteiger partial charge in [0.1, 0.15) is 11.3 Å². The molecule has 24 heavy (non-hydrogen) atoms. The molecule has 1 heterocycles. The topological polar surface area (TPSA) is 107 Å². The van der Waals surface area contributed by atoms with Crippen molar-refractivity contribution in [3.63, 3.8) is 0 Å². The second-order valence-corrected chi connectivity index (χ2v) is 5.08. The number of methoxy groups -OCH3 is 1. The van der Waals surface area contributed by atoms with Gasteiger partial charge in [0.15, 0.2) is 0 Å². The van der Waals surface area contributed by atoms with Crippen LogP contribution in [0.2, 0.25) is 0 Å². The number of aromatic hydroxyl groups is 1. The first kappa shape index (κ1) is 15.4. The normalized spacial score (nSPS) is 10.5. The number of nitrogens with zero attached hydrogens (tertiary/aromatic N) is 1. The fourth-order valence-electron chi connectivity index (χ4n) is 2.55. The van der Waals surface area contributed by atoms with Crippen molar-refractivity contribution in [3.8, 4) is 11.6 Å². The SMILES string of the molecule is COc1ccc2c(c1)c(C(=O)Nc1ccccc1)c(O)n2C(N)=O. The predicted molar refractivity (Wildman–Crippen MR) is 89.5 cm³/mol. The zero-order valence-electron chi connectivity index (χ0n) is 12.8. The zero-order chi connectivity index (χ0) is 17.3. The minimum absolute atomic E-state index is 0.0495. The summed E-state index contributed by atoms with van der Waals surface area (Å²) in [4.78, 5) is 24.3. The Labute approximate surface area is 137 Å². The van der Waals surface area contributed by atoms with E-state index in [1.165, 1.54) is 7.11 Å². The molecule has 2 aromatic carbocycles. The number of carbonyl (C=O) groups excluding carboxylic acids is 2. The molecule has 2 amide bonds. The lowest BCUT2D eigenvalue weighted by atomic mass is 10.1. The summed E-state index contributed by atoms with van der Waals surface area (Å²) in [6, 6.07) is 12.6. The summed E-state index contributed by atoms with van der Waals surface area (Å²) in [6.45, 7) is 0. The van der Waals surface area contributed by atoms with E-state index in [4.69, 9.17) is 10.5 Å². The minimum atomic E-state index is -0.888. The van der Waals surface area contributed by atoms with Crippen molar-refractivity contribution in [2.45, 2.75) is 0 Å². The molecule has 122 valence electrons.